The van der Waals surface area contributed by atoms with E-state index in [1.54, 1.807) is 13.8 Å². The second-order valence-corrected chi connectivity index (χ2v) is 3.77. The summed E-state index contributed by atoms with van der Waals surface area (Å²) in [6.07, 6.45) is -2.83. The van der Waals surface area contributed by atoms with Gasteiger partial charge < -0.3 is 24.4 Å². The number of aliphatic hydroxyl groups excluding tert-OH is 1. The summed E-state index contributed by atoms with van der Waals surface area (Å²) in [5.74, 6) is 0. The molecule has 0 aromatic heterocycles. The van der Waals surface area contributed by atoms with Crippen LogP contribution in [0.15, 0.2) is 0 Å². The monoisotopic (exact) mass is 206 g/mol. The van der Waals surface area contributed by atoms with E-state index in [-0.39, 0.29) is 6.10 Å². The van der Waals surface area contributed by atoms with Crippen LogP contribution >= 0.6 is 0 Å². The van der Waals surface area contributed by atoms with Crippen molar-refractivity contribution in [1.29, 1.82) is 0 Å². The Bertz CT molecular complexity index is 176. The smallest absolute Gasteiger partial charge is 0.184 e. The van der Waals surface area contributed by atoms with Crippen LogP contribution in [0.2, 0.25) is 0 Å². The van der Waals surface area contributed by atoms with Crippen molar-refractivity contribution in [3.05, 3.63) is 0 Å². The van der Waals surface area contributed by atoms with Gasteiger partial charge in [0.1, 0.15) is 17.8 Å². The maximum Gasteiger partial charge on any atom is 0.184 e. The van der Waals surface area contributed by atoms with Crippen LogP contribution in [0.25, 0.3) is 0 Å². The lowest BCUT2D eigenvalue weighted by Crippen LogP contribution is -2.65. The number of hydrogen-bond acceptors (Lipinski definition) is 5. The van der Waals surface area contributed by atoms with Crippen LogP contribution in [0.5, 0.6) is 0 Å². The minimum absolute atomic E-state index is 0.378. The van der Waals surface area contributed by atoms with Gasteiger partial charge in [0.25, 0.3) is 0 Å². The molecule has 0 aromatic carbocycles. The first kappa shape index (κ1) is 11.9. The standard InChI is InChI=1S/C9H18O5/c1-5-6(12-3)9(2,11)7(13-4)8(10)14-5/h5-8,10-11H,1-4H3/t5-,6+,7-,8?,9+/m0/s1. The lowest BCUT2D eigenvalue weighted by atomic mass is 9.86. The Morgan fingerprint density at radius 3 is 2.14 bits per heavy atom. The normalized spacial score (nSPS) is 49.3. The average Bonchev–Trinajstić information content (AvgIpc) is 2.02. The van der Waals surface area contributed by atoms with Gasteiger partial charge in [-0.3, -0.25) is 0 Å². The van der Waals surface area contributed by atoms with E-state index in [1.165, 1.54) is 14.2 Å². The molecule has 1 heterocycles. The van der Waals surface area contributed by atoms with Crippen molar-refractivity contribution < 1.29 is 24.4 Å². The van der Waals surface area contributed by atoms with E-state index >= 15 is 0 Å². The van der Waals surface area contributed by atoms with Gasteiger partial charge >= 0.3 is 0 Å². The third-order valence-electron chi connectivity index (χ3n) is 2.70. The molecular weight excluding hydrogens is 188 g/mol. The molecule has 5 atom stereocenters. The maximum absolute atomic E-state index is 10.1. The molecule has 1 saturated heterocycles. The lowest BCUT2D eigenvalue weighted by Gasteiger charge is -2.46. The highest BCUT2D eigenvalue weighted by Crippen LogP contribution is 2.31. The molecule has 2 N–H and O–H groups in total. The Morgan fingerprint density at radius 2 is 1.71 bits per heavy atom. The first-order chi connectivity index (χ1) is 6.45. The molecule has 1 aliphatic rings. The number of methoxy groups -OCH3 is 2. The maximum atomic E-state index is 10.1. The molecule has 84 valence electrons. The van der Waals surface area contributed by atoms with Gasteiger partial charge in [0.2, 0.25) is 0 Å². The van der Waals surface area contributed by atoms with E-state index in [0.717, 1.165) is 0 Å². The summed E-state index contributed by atoms with van der Waals surface area (Å²) >= 11 is 0. The van der Waals surface area contributed by atoms with Crippen molar-refractivity contribution >= 4 is 0 Å². The SMILES string of the molecule is CO[C@@H]1[C@H](C)OC(O)[C@H](OC)[C@]1(C)O. The lowest BCUT2D eigenvalue weighted by molar-refractivity contribution is -0.318. The molecule has 1 aliphatic heterocycles. The predicted molar refractivity (Wildman–Crippen MR) is 48.8 cm³/mol. The van der Waals surface area contributed by atoms with Crippen LogP contribution in [0.4, 0.5) is 0 Å². The number of rotatable bonds is 2. The molecule has 0 aliphatic carbocycles. The van der Waals surface area contributed by atoms with Crippen LogP contribution in [0.1, 0.15) is 13.8 Å². The molecule has 5 nitrogen and oxygen atoms in total. The molecule has 0 amide bonds. The van der Waals surface area contributed by atoms with Gasteiger partial charge in [0.05, 0.1) is 6.10 Å². The molecule has 0 spiro atoms. The first-order valence-electron chi connectivity index (χ1n) is 4.56. The van der Waals surface area contributed by atoms with E-state index in [4.69, 9.17) is 14.2 Å². The molecule has 1 unspecified atom stereocenters. The van der Waals surface area contributed by atoms with Crippen LogP contribution in [0, 0.1) is 0 Å². The Balaban J connectivity index is 2.89. The second-order valence-electron chi connectivity index (χ2n) is 3.77. The molecule has 0 radical (unpaired) electrons. The van der Waals surface area contributed by atoms with Gasteiger partial charge in [-0.25, -0.2) is 0 Å². The molecule has 1 fully saturated rings. The van der Waals surface area contributed by atoms with Crippen molar-refractivity contribution in [2.45, 2.75) is 44.1 Å². The Labute approximate surface area is 83.6 Å². The van der Waals surface area contributed by atoms with Crippen molar-refractivity contribution in [3.63, 3.8) is 0 Å². The third-order valence-corrected chi connectivity index (χ3v) is 2.70. The Hall–Kier alpha value is -0.200. The molecule has 5 heteroatoms. The third kappa shape index (κ3) is 1.78. The highest BCUT2D eigenvalue weighted by Gasteiger charge is 2.52. The molecule has 1 rings (SSSR count). The summed E-state index contributed by atoms with van der Waals surface area (Å²) in [6.45, 7) is 3.30. The zero-order chi connectivity index (χ0) is 10.9. The van der Waals surface area contributed by atoms with E-state index in [2.05, 4.69) is 0 Å². The number of aliphatic hydroxyl groups is 2. The molecule has 0 aromatic rings. The van der Waals surface area contributed by atoms with Crippen molar-refractivity contribution in [2.24, 2.45) is 0 Å². The fraction of sp³-hybridized carbons (Fsp3) is 1.00. The van der Waals surface area contributed by atoms with E-state index in [0.29, 0.717) is 0 Å². The fourth-order valence-corrected chi connectivity index (χ4v) is 2.07. The summed E-state index contributed by atoms with van der Waals surface area (Å²) < 4.78 is 15.3. The number of ether oxygens (including phenoxy) is 3. The zero-order valence-electron chi connectivity index (χ0n) is 8.93. The minimum atomic E-state index is -1.26. The summed E-state index contributed by atoms with van der Waals surface area (Å²) in [5, 5.41) is 19.7. The molecule has 0 bridgehead atoms. The quantitative estimate of drug-likeness (QED) is 0.638. The Kier molecular flexibility index (Phi) is 3.49. The van der Waals surface area contributed by atoms with Gasteiger partial charge in [0, 0.05) is 14.2 Å². The van der Waals surface area contributed by atoms with Crippen molar-refractivity contribution in [1.82, 2.24) is 0 Å². The van der Waals surface area contributed by atoms with Crippen LogP contribution in [0.3, 0.4) is 0 Å². The average molecular weight is 206 g/mol. The Morgan fingerprint density at radius 1 is 1.21 bits per heavy atom. The predicted octanol–water partition coefficient (Wildman–Crippen LogP) is -0.496. The molecule has 0 saturated carbocycles. The van der Waals surface area contributed by atoms with Gasteiger partial charge in [0.15, 0.2) is 6.29 Å². The highest BCUT2D eigenvalue weighted by molar-refractivity contribution is 4.99. The summed E-state index contributed by atoms with van der Waals surface area (Å²) in [5.41, 5.74) is -1.26. The first-order valence-corrected chi connectivity index (χ1v) is 4.56. The minimum Gasteiger partial charge on any atom is -0.384 e. The van der Waals surface area contributed by atoms with Crippen LogP contribution < -0.4 is 0 Å². The largest absolute Gasteiger partial charge is 0.384 e. The number of hydrogen-bond donors (Lipinski definition) is 2. The van der Waals surface area contributed by atoms with E-state index < -0.39 is 24.1 Å². The van der Waals surface area contributed by atoms with Gasteiger partial charge in [-0.05, 0) is 13.8 Å². The van der Waals surface area contributed by atoms with Crippen LogP contribution in [-0.2, 0) is 14.2 Å². The fourth-order valence-electron chi connectivity index (χ4n) is 2.07. The second kappa shape index (κ2) is 4.12. The van der Waals surface area contributed by atoms with E-state index in [9.17, 15) is 10.2 Å². The summed E-state index contributed by atoms with van der Waals surface area (Å²) in [4.78, 5) is 0. The topological polar surface area (TPSA) is 68.2 Å². The van der Waals surface area contributed by atoms with Crippen molar-refractivity contribution in [3.8, 4) is 0 Å². The van der Waals surface area contributed by atoms with Gasteiger partial charge in [-0.1, -0.05) is 0 Å². The molecule has 14 heavy (non-hydrogen) atoms. The summed E-state index contributed by atoms with van der Waals surface area (Å²) in [6, 6.07) is 0. The molecular formula is C9H18O5. The van der Waals surface area contributed by atoms with Crippen LogP contribution in [-0.4, -0.2) is 54.6 Å². The highest BCUT2D eigenvalue weighted by atomic mass is 16.7. The zero-order valence-corrected chi connectivity index (χ0v) is 8.93. The van der Waals surface area contributed by atoms with Gasteiger partial charge in [-0.2, -0.15) is 0 Å². The van der Waals surface area contributed by atoms with Crippen molar-refractivity contribution in [2.75, 3.05) is 14.2 Å². The summed E-state index contributed by atoms with van der Waals surface area (Å²) in [7, 11) is 2.90. The van der Waals surface area contributed by atoms with Gasteiger partial charge in [-0.15, -0.1) is 0 Å². The van der Waals surface area contributed by atoms with E-state index in [1.807, 2.05) is 0 Å².